The molecule has 0 atom stereocenters. The predicted molar refractivity (Wildman–Crippen MR) is 68.2 cm³/mol. The lowest BCUT2D eigenvalue weighted by molar-refractivity contribution is -0.384. The maximum atomic E-state index is 11.4. The molecule has 0 aliphatic carbocycles. The topological polar surface area (TPSA) is 108 Å². The average molecular weight is 282 g/mol. The van der Waals surface area contributed by atoms with Gasteiger partial charge in [-0.25, -0.2) is 0 Å². The minimum atomic E-state index is -0.562. The lowest BCUT2D eigenvalue weighted by Crippen LogP contribution is -2.34. The first-order valence-corrected chi connectivity index (χ1v) is 5.82. The second-order valence-electron chi connectivity index (χ2n) is 3.62. The van der Waals surface area contributed by atoms with E-state index < -0.39 is 16.8 Å². The molecular formula is C12H14N2O6. The van der Waals surface area contributed by atoms with E-state index in [1.807, 2.05) is 0 Å². The van der Waals surface area contributed by atoms with Gasteiger partial charge >= 0.3 is 5.97 Å². The Hall–Kier alpha value is -2.64. The Morgan fingerprint density at radius 3 is 2.80 bits per heavy atom. The van der Waals surface area contributed by atoms with Gasteiger partial charge in [0, 0.05) is 6.07 Å². The Morgan fingerprint density at radius 2 is 2.15 bits per heavy atom. The van der Waals surface area contributed by atoms with Crippen LogP contribution < -0.4 is 10.1 Å². The minimum absolute atomic E-state index is 0.130. The number of nitrogens with one attached hydrogen (secondary N) is 1. The molecule has 1 aromatic rings. The fraction of sp³-hybridized carbons (Fsp3) is 0.333. The fourth-order valence-corrected chi connectivity index (χ4v) is 1.27. The SMILES string of the molecule is CCOC(=O)CNC(=O)COc1cccc([N+](=O)[O-])c1. The molecule has 0 saturated carbocycles. The van der Waals surface area contributed by atoms with Crippen LogP contribution in [0, 0.1) is 10.1 Å². The highest BCUT2D eigenvalue weighted by molar-refractivity contribution is 5.82. The van der Waals surface area contributed by atoms with Crippen LogP contribution in [0.4, 0.5) is 5.69 Å². The van der Waals surface area contributed by atoms with Gasteiger partial charge in [0.15, 0.2) is 6.61 Å². The molecule has 0 aromatic heterocycles. The number of ether oxygens (including phenoxy) is 2. The lowest BCUT2D eigenvalue weighted by atomic mass is 10.3. The molecule has 1 amide bonds. The van der Waals surface area contributed by atoms with E-state index in [-0.39, 0.29) is 31.2 Å². The number of carbonyl (C=O) groups is 2. The largest absolute Gasteiger partial charge is 0.484 e. The van der Waals surface area contributed by atoms with Crippen LogP contribution in [0.1, 0.15) is 6.92 Å². The van der Waals surface area contributed by atoms with Crippen molar-refractivity contribution in [2.24, 2.45) is 0 Å². The summed E-state index contributed by atoms with van der Waals surface area (Å²) in [6.07, 6.45) is 0. The zero-order valence-corrected chi connectivity index (χ0v) is 10.8. The van der Waals surface area contributed by atoms with Gasteiger partial charge in [0.05, 0.1) is 17.6 Å². The Bertz CT molecular complexity index is 502. The van der Waals surface area contributed by atoms with Gasteiger partial charge in [-0.05, 0) is 13.0 Å². The van der Waals surface area contributed by atoms with Gasteiger partial charge in [-0.15, -0.1) is 0 Å². The maximum Gasteiger partial charge on any atom is 0.325 e. The molecule has 108 valence electrons. The zero-order chi connectivity index (χ0) is 15.0. The van der Waals surface area contributed by atoms with Crippen LogP contribution in [0.5, 0.6) is 5.75 Å². The molecule has 1 N–H and O–H groups in total. The van der Waals surface area contributed by atoms with E-state index in [0.717, 1.165) is 0 Å². The van der Waals surface area contributed by atoms with E-state index in [2.05, 4.69) is 10.1 Å². The third kappa shape index (κ3) is 5.34. The van der Waals surface area contributed by atoms with E-state index in [4.69, 9.17) is 4.74 Å². The average Bonchev–Trinajstić information content (AvgIpc) is 2.43. The maximum absolute atomic E-state index is 11.4. The number of carbonyl (C=O) groups excluding carboxylic acids is 2. The quantitative estimate of drug-likeness (QED) is 0.447. The van der Waals surface area contributed by atoms with Gasteiger partial charge < -0.3 is 14.8 Å². The molecule has 0 heterocycles. The summed E-state index contributed by atoms with van der Waals surface area (Å²) in [6.45, 7) is 1.30. The van der Waals surface area contributed by atoms with Crippen molar-refractivity contribution in [2.75, 3.05) is 19.8 Å². The molecule has 0 aliphatic rings. The van der Waals surface area contributed by atoms with Crippen LogP contribution in [0.25, 0.3) is 0 Å². The van der Waals surface area contributed by atoms with Crippen molar-refractivity contribution in [1.82, 2.24) is 5.32 Å². The second kappa shape index (κ2) is 7.72. The zero-order valence-electron chi connectivity index (χ0n) is 10.8. The molecule has 1 aromatic carbocycles. The third-order valence-corrected chi connectivity index (χ3v) is 2.13. The number of hydrogen-bond acceptors (Lipinski definition) is 6. The summed E-state index contributed by atoms with van der Waals surface area (Å²) >= 11 is 0. The number of amides is 1. The van der Waals surface area contributed by atoms with Crippen molar-refractivity contribution >= 4 is 17.6 Å². The number of nitrogens with zero attached hydrogens (tertiary/aromatic N) is 1. The van der Waals surface area contributed by atoms with Gasteiger partial charge in [-0.2, -0.15) is 0 Å². The van der Waals surface area contributed by atoms with Crippen molar-refractivity contribution < 1.29 is 24.0 Å². The Balaban J connectivity index is 2.39. The first-order valence-electron chi connectivity index (χ1n) is 5.82. The van der Waals surface area contributed by atoms with Gasteiger partial charge in [-0.3, -0.25) is 19.7 Å². The van der Waals surface area contributed by atoms with Gasteiger partial charge in [0.2, 0.25) is 0 Å². The monoisotopic (exact) mass is 282 g/mol. The van der Waals surface area contributed by atoms with Crippen molar-refractivity contribution in [1.29, 1.82) is 0 Å². The van der Waals surface area contributed by atoms with Gasteiger partial charge in [-0.1, -0.05) is 6.07 Å². The second-order valence-corrected chi connectivity index (χ2v) is 3.62. The molecule has 0 fully saturated rings. The molecule has 0 unspecified atom stereocenters. The normalized spacial score (nSPS) is 9.65. The highest BCUT2D eigenvalue weighted by Gasteiger charge is 2.09. The van der Waals surface area contributed by atoms with Crippen molar-refractivity contribution in [3.05, 3.63) is 34.4 Å². The highest BCUT2D eigenvalue weighted by Crippen LogP contribution is 2.18. The molecule has 0 bridgehead atoms. The van der Waals surface area contributed by atoms with E-state index in [0.29, 0.717) is 0 Å². The van der Waals surface area contributed by atoms with Crippen LogP contribution in [0.2, 0.25) is 0 Å². The van der Waals surface area contributed by atoms with Crippen LogP contribution in [0.15, 0.2) is 24.3 Å². The standard InChI is InChI=1S/C12H14N2O6/c1-2-19-12(16)7-13-11(15)8-20-10-5-3-4-9(6-10)14(17)18/h3-6H,2,7-8H2,1H3,(H,13,15). The molecule has 0 radical (unpaired) electrons. The number of benzene rings is 1. The van der Waals surface area contributed by atoms with E-state index in [1.165, 1.54) is 24.3 Å². The fourth-order valence-electron chi connectivity index (χ4n) is 1.27. The smallest absolute Gasteiger partial charge is 0.325 e. The summed E-state index contributed by atoms with van der Waals surface area (Å²) in [5.41, 5.74) is -0.130. The van der Waals surface area contributed by atoms with Crippen LogP contribution in [-0.2, 0) is 14.3 Å². The summed E-state index contributed by atoms with van der Waals surface area (Å²) in [5, 5.41) is 12.9. The van der Waals surface area contributed by atoms with E-state index in [9.17, 15) is 19.7 Å². The number of hydrogen-bond donors (Lipinski definition) is 1. The Morgan fingerprint density at radius 1 is 1.40 bits per heavy atom. The summed E-state index contributed by atoms with van der Waals surface area (Å²) in [4.78, 5) is 32.3. The van der Waals surface area contributed by atoms with E-state index >= 15 is 0 Å². The molecule has 8 heteroatoms. The number of rotatable bonds is 7. The Kier molecular flexibility index (Phi) is 5.95. The lowest BCUT2D eigenvalue weighted by Gasteiger charge is -2.07. The summed E-state index contributed by atoms with van der Waals surface area (Å²) in [6, 6.07) is 5.46. The van der Waals surface area contributed by atoms with E-state index in [1.54, 1.807) is 6.92 Å². The molecule has 8 nitrogen and oxygen atoms in total. The first kappa shape index (κ1) is 15.4. The highest BCUT2D eigenvalue weighted by atomic mass is 16.6. The molecule has 0 spiro atoms. The van der Waals surface area contributed by atoms with Crippen molar-refractivity contribution in [3.63, 3.8) is 0 Å². The van der Waals surface area contributed by atoms with Crippen LogP contribution in [0.3, 0.4) is 0 Å². The van der Waals surface area contributed by atoms with Crippen molar-refractivity contribution in [3.8, 4) is 5.75 Å². The minimum Gasteiger partial charge on any atom is -0.484 e. The number of esters is 1. The summed E-state index contributed by atoms with van der Waals surface area (Å²) in [5.74, 6) is -0.869. The molecule has 0 saturated heterocycles. The number of nitro benzene ring substituents is 1. The van der Waals surface area contributed by atoms with Gasteiger partial charge in [0.1, 0.15) is 12.3 Å². The third-order valence-electron chi connectivity index (χ3n) is 2.13. The molecule has 0 aliphatic heterocycles. The predicted octanol–water partition coefficient (Wildman–Crippen LogP) is 0.653. The van der Waals surface area contributed by atoms with Gasteiger partial charge in [0.25, 0.3) is 11.6 Å². The first-order chi connectivity index (χ1) is 9.52. The summed E-state index contributed by atoms with van der Waals surface area (Å²) < 4.78 is 9.71. The molecule has 1 rings (SSSR count). The molecule has 20 heavy (non-hydrogen) atoms. The molecular weight excluding hydrogens is 268 g/mol. The number of nitro groups is 1. The van der Waals surface area contributed by atoms with Crippen LogP contribution >= 0.6 is 0 Å². The summed E-state index contributed by atoms with van der Waals surface area (Å²) in [7, 11) is 0. The number of non-ortho nitro benzene ring substituents is 1. The van der Waals surface area contributed by atoms with Crippen molar-refractivity contribution in [2.45, 2.75) is 6.92 Å². The Labute approximate surface area is 114 Å². The van der Waals surface area contributed by atoms with Crippen LogP contribution in [-0.4, -0.2) is 36.6 Å².